The van der Waals surface area contributed by atoms with Crippen LogP contribution in [0.3, 0.4) is 0 Å². The summed E-state index contributed by atoms with van der Waals surface area (Å²) in [6, 6.07) is 15.3. The highest BCUT2D eigenvalue weighted by Crippen LogP contribution is 2.29. The second-order valence-electron chi connectivity index (χ2n) is 7.69. The van der Waals surface area contributed by atoms with E-state index < -0.39 is 10.0 Å². The van der Waals surface area contributed by atoms with E-state index in [4.69, 9.17) is 0 Å². The first-order valence-electron chi connectivity index (χ1n) is 9.53. The summed E-state index contributed by atoms with van der Waals surface area (Å²) in [4.78, 5) is 2.33. The van der Waals surface area contributed by atoms with Crippen LogP contribution in [0.4, 0.5) is 0 Å². The number of benzene rings is 2. The summed E-state index contributed by atoms with van der Waals surface area (Å²) in [5.74, 6) is 0. The number of nitrogens with one attached hydrogen (secondary N) is 1. The SMILES string of the molecule is CN(C)C(CNS(=O)(=O)c1ccc2ccn(C)c2c1)c1cn(C)c2ccccc12. The van der Waals surface area contributed by atoms with E-state index in [1.54, 1.807) is 12.1 Å². The van der Waals surface area contributed by atoms with E-state index in [9.17, 15) is 8.42 Å². The van der Waals surface area contributed by atoms with Gasteiger partial charge in [0, 0.05) is 55.5 Å². The smallest absolute Gasteiger partial charge is 0.240 e. The zero-order valence-electron chi connectivity index (χ0n) is 17.1. The molecule has 7 heteroatoms. The number of fused-ring (bicyclic) bond motifs is 2. The van der Waals surface area contributed by atoms with Crippen molar-refractivity contribution in [3.8, 4) is 0 Å². The average molecular weight is 411 g/mol. The lowest BCUT2D eigenvalue weighted by atomic mass is 10.1. The fraction of sp³-hybridized carbons (Fsp3) is 0.273. The van der Waals surface area contributed by atoms with Crippen molar-refractivity contribution < 1.29 is 8.42 Å². The summed E-state index contributed by atoms with van der Waals surface area (Å²) < 4.78 is 32.8. The van der Waals surface area contributed by atoms with Crippen molar-refractivity contribution in [2.75, 3.05) is 20.6 Å². The lowest BCUT2D eigenvalue weighted by Crippen LogP contribution is -2.34. The molecule has 0 saturated heterocycles. The van der Waals surface area contributed by atoms with Crippen LogP contribution in [0.25, 0.3) is 21.8 Å². The Labute approximate surface area is 171 Å². The topological polar surface area (TPSA) is 59.3 Å². The fourth-order valence-corrected chi connectivity index (χ4v) is 4.95. The number of hydrogen-bond donors (Lipinski definition) is 1. The van der Waals surface area contributed by atoms with E-state index in [1.165, 1.54) is 0 Å². The van der Waals surface area contributed by atoms with Gasteiger partial charge in [-0.05, 0) is 49.3 Å². The van der Waals surface area contributed by atoms with Crippen molar-refractivity contribution in [2.45, 2.75) is 10.9 Å². The maximum absolute atomic E-state index is 13.0. The minimum Gasteiger partial charge on any atom is -0.351 e. The van der Waals surface area contributed by atoms with Gasteiger partial charge in [-0.1, -0.05) is 24.3 Å². The van der Waals surface area contributed by atoms with Gasteiger partial charge in [0.2, 0.25) is 10.0 Å². The number of nitrogens with zero attached hydrogens (tertiary/aromatic N) is 3. The van der Waals surface area contributed by atoms with Crippen LogP contribution in [-0.2, 0) is 24.1 Å². The van der Waals surface area contributed by atoms with Gasteiger partial charge in [0.05, 0.1) is 4.90 Å². The molecule has 152 valence electrons. The van der Waals surface area contributed by atoms with Crippen molar-refractivity contribution in [2.24, 2.45) is 14.1 Å². The lowest BCUT2D eigenvalue weighted by Gasteiger charge is -2.24. The third-order valence-electron chi connectivity index (χ3n) is 5.55. The molecule has 6 nitrogen and oxygen atoms in total. The Hall–Kier alpha value is -2.61. The molecule has 0 amide bonds. The standard InChI is InChI=1S/C22H26N4O2S/c1-24(2)22(19-15-26(4)20-8-6-5-7-18(19)20)14-23-29(27,28)17-10-9-16-11-12-25(3)21(16)13-17/h5-13,15,22-23H,14H2,1-4H3. The zero-order valence-corrected chi connectivity index (χ0v) is 17.9. The van der Waals surface area contributed by atoms with Gasteiger partial charge in [0.25, 0.3) is 0 Å². The molecule has 0 aliphatic carbocycles. The molecule has 1 atom stereocenters. The zero-order chi connectivity index (χ0) is 20.8. The van der Waals surface area contributed by atoms with Crippen molar-refractivity contribution in [3.05, 3.63) is 66.5 Å². The highest BCUT2D eigenvalue weighted by molar-refractivity contribution is 7.89. The minimum atomic E-state index is -3.63. The molecule has 4 rings (SSSR count). The average Bonchev–Trinajstić information content (AvgIpc) is 3.22. The van der Waals surface area contributed by atoms with Crippen LogP contribution in [0.2, 0.25) is 0 Å². The molecule has 0 spiro atoms. The summed E-state index contributed by atoms with van der Waals surface area (Å²) in [5.41, 5.74) is 3.13. The van der Waals surface area contributed by atoms with Crippen LogP contribution in [-0.4, -0.2) is 43.1 Å². The van der Waals surface area contributed by atoms with Crippen LogP contribution in [0, 0.1) is 0 Å². The van der Waals surface area contributed by atoms with Gasteiger partial charge < -0.3 is 14.0 Å². The summed E-state index contributed by atoms with van der Waals surface area (Å²) >= 11 is 0. The molecule has 2 aromatic carbocycles. The molecule has 1 N–H and O–H groups in total. The van der Waals surface area contributed by atoms with E-state index >= 15 is 0 Å². The number of para-hydroxylation sites is 1. The molecule has 0 aliphatic rings. The van der Waals surface area contributed by atoms with Crippen molar-refractivity contribution in [1.82, 2.24) is 18.8 Å². The number of likely N-dealkylation sites (N-methyl/N-ethyl adjacent to an activating group) is 1. The molecule has 0 saturated carbocycles. The Kier molecular flexibility index (Phi) is 4.98. The summed E-state index contributed by atoms with van der Waals surface area (Å²) in [6.45, 7) is 0.286. The van der Waals surface area contributed by atoms with Crippen LogP contribution in [0.1, 0.15) is 11.6 Å². The Morgan fingerprint density at radius 1 is 1.00 bits per heavy atom. The third-order valence-corrected chi connectivity index (χ3v) is 6.97. The molecule has 0 fully saturated rings. The molecule has 1 unspecified atom stereocenters. The van der Waals surface area contributed by atoms with Gasteiger partial charge >= 0.3 is 0 Å². The maximum atomic E-state index is 13.0. The number of aromatic nitrogens is 2. The number of aryl methyl sites for hydroxylation is 2. The Bertz CT molecular complexity index is 1280. The van der Waals surface area contributed by atoms with Gasteiger partial charge in [-0.25, -0.2) is 13.1 Å². The first-order valence-corrected chi connectivity index (χ1v) is 11.0. The van der Waals surface area contributed by atoms with Gasteiger partial charge in [-0.3, -0.25) is 0 Å². The fourth-order valence-electron chi connectivity index (χ4n) is 3.89. The van der Waals surface area contributed by atoms with Gasteiger partial charge in [-0.2, -0.15) is 0 Å². The monoisotopic (exact) mass is 410 g/mol. The molecule has 29 heavy (non-hydrogen) atoms. The Morgan fingerprint density at radius 2 is 1.76 bits per heavy atom. The summed E-state index contributed by atoms with van der Waals surface area (Å²) in [7, 11) is 4.23. The molecule has 0 aliphatic heterocycles. The molecule has 0 radical (unpaired) electrons. The largest absolute Gasteiger partial charge is 0.351 e. The molecule has 4 aromatic rings. The van der Waals surface area contributed by atoms with E-state index in [1.807, 2.05) is 68.1 Å². The van der Waals surface area contributed by atoms with E-state index in [2.05, 4.69) is 27.6 Å². The maximum Gasteiger partial charge on any atom is 0.240 e. The Balaban J connectivity index is 1.64. The van der Waals surface area contributed by atoms with Crippen molar-refractivity contribution in [3.63, 3.8) is 0 Å². The highest BCUT2D eigenvalue weighted by Gasteiger charge is 2.23. The van der Waals surface area contributed by atoms with Crippen LogP contribution in [0.5, 0.6) is 0 Å². The molecule has 2 heterocycles. The summed E-state index contributed by atoms with van der Waals surface area (Å²) in [5, 5.41) is 2.16. The van der Waals surface area contributed by atoms with Crippen LogP contribution >= 0.6 is 0 Å². The van der Waals surface area contributed by atoms with E-state index in [0.29, 0.717) is 0 Å². The van der Waals surface area contributed by atoms with Crippen molar-refractivity contribution >= 4 is 31.8 Å². The van der Waals surface area contributed by atoms with Crippen molar-refractivity contribution in [1.29, 1.82) is 0 Å². The minimum absolute atomic E-state index is 0.0883. The van der Waals surface area contributed by atoms with E-state index in [-0.39, 0.29) is 17.5 Å². The van der Waals surface area contributed by atoms with Gasteiger partial charge in [-0.15, -0.1) is 0 Å². The Morgan fingerprint density at radius 3 is 2.52 bits per heavy atom. The van der Waals surface area contributed by atoms with E-state index in [0.717, 1.165) is 27.4 Å². The highest BCUT2D eigenvalue weighted by atomic mass is 32.2. The van der Waals surface area contributed by atoms with Crippen LogP contribution < -0.4 is 4.72 Å². The second-order valence-corrected chi connectivity index (χ2v) is 9.46. The predicted molar refractivity (Wildman–Crippen MR) is 117 cm³/mol. The molecule has 0 bridgehead atoms. The molecular weight excluding hydrogens is 384 g/mol. The third kappa shape index (κ3) is 3.57. The summed E-state index contributed by atoms with van der Waals surface area (Å²) in [6.07, 6.45) is 4.01. The van der Waals surface area contributed by atoms with Crippen LogP contribution in [0.15, 0.2) is 65.8 Å². The number of hydrogen-bond acceptors (Lipinski definition) is 3. The number of rotatable bonds is 6. The number of sulfonamides is 1. The molecule has 2 aromatic heterocycles. The first-order chi connectivity index (χ1) is 13.8. The predicted octanol–water partition coefficient (Wildman–Crippen LogP) is 3.25. The van der Waals surface area contributed by atoms with Gasteiger partial charge in [0.1, 0.15) is 0 Å². The quantitative estimate of drug-likeness (QED) is 0.531. The molecular formula is C22H26N4O2S. The first kappa shape index (κ1) is 19.7. The normalized spacial score (nSPS) is 13.6. The second kappa shape index (κ2) is 7.33. The lowest BCUT2D eigenvalue weighted by molar-refractivity contribution is 0.301. The van der Waals surface area contributed by atoms with Gasteiger partial charge in [0.15, 0.2) is 0 Å².